The summed E-state index contributed by atoms with van der Waals surface area (Å²) in [6.45, 7) is 2.03. The van der Waals surface area contributed by atoms with Crippen molar-refractivity contribution in [2.45, 2.75) is 13.5 Å². The average molecular weight is 417 g/mol. The molecule has 0 atom stereocenters. The lowest BCUT2D eigenvalue weighted by atomic mass is 10.2. The number of hydrazone groups is 1. The molecule has 3 rings (SSSR count). The molecule has 3 aromatic rings. The maximum absolute atomic E-state index is 12.7. The third kappa shape index (κ3) is 4.09. The molecule has 1 N–H and O–H groups in total. The van der Waals surface area contributed by atoms with Gasteiger partial charge in [0.15, 0.2) is 11.2 Å². The Labute approximate surface area is 171 Å². The summed E-state index contributed by atoms with van der Waals surface area (Å²) in [6.07, 6.45) is 3.36. The lowest BCUT2D eigenvalue weighted by molar-refractivity contribution is 0.415. The van der Waals surface area contributed by atoms with Gasteiger partial charge in [-0.1, -0.05) is 17.7 Å². The lowest BCUT2D eigenvalue weighted by Crippen LogP contribution is -2.37. The number of halogens is 1. The SMILES string of the molecule is COc1ccc(/C=N/Nc2nc3c(c(=O)n(C)c(=O)n3C)n2C/C=C(/C)Cl)cc1. The zero-order valence-corrected chi connectivity index (χ0v) is 17.3. The van der Waals surface area contributed by atoms with E-state index in [-0.39, 0.29) is 11.2 Å². The number of allylic oxidation sites excluding steroid dienone is 2. The highest BCUT2D eigenvalue weighted by Crippen LogP contribution is 2.17. The molecule has 0 radical (unpaired) electrons. The normalized spacial score (nSPS) is 12.1. The first kappa shape index (κ1) is 20.4. The molecule has 0 fully saturated rings. The molecule has 0 aliphatic heterocycles. The van der Waals surface area contributed by atoms with Gasteiger partial charge < -0.3 is 4.74 Å². The number of ether oxygens (including phenoxy) is 1. The number of methoxy groups -OCH3 is 1. The predicted molar refractivity (Wildman–Crippen MR) is 114 cm³/mol. The Balaban J connectivity index is 2.04. The Morgan fingerprint density at radius 3 is 2.55 bits per heavy atom. The third-order valence-corrected chi connectivity index (χ3v) is 4.55. The molecule has 0 unspecified atom stereocenters. The highest BCUT2D eigenvalue weighted by molar-refractivity contribution is 6.29. The number of aromatic nitrogens is 4. The van der Waals surface area contributed by atoms with Gasteiger partial charge in [0.2, 0.25) is 5.95 Å². The van der Waals surface area contributed by atoms with E-state index in [9.17, 15) is 9.59 Å². The van der Waals surface area contributed by atoms with Gasteiger partial charge in [0.1, 0.15) is 5.75 Å². The van der Waals surface area contributed by atoms with Crippen LogP contribution in [-0.4, -0.2) is 32.0 Å². The van der Waals surface area contributed by atoms with Crippen LogP contribution in [0.3, 0.4) is 0 Å². The van der Waals surface area contributed by atoms with Crippen LogP contribution in [0, 0.1) is 0 Å². The van der Waals surface area contributed by atoms with Crippen molar-refractivity contribution in [3.05, 3.63) is 61.8 Å². The van der Waals surface area contributed by atoms with E-state index in [2.05, 4.69) is 15.5 Å². The van der Waals surface area contributed by atoms with Gasteiger partial charge in [-0.3, -0.25) is 18.5 Å². The molecule has 0 saturated heterocycles. The Morgan fingerprint density at radius 1 is 1.24 bits per heavy atom. The number of rotatable bonds is 6. The summed E-state index contributed by atoms with van der Waals surface area (Å²) in [7, 11) is 4.59. The molecule has 2 heterocycles. The minimum atomic E-state index is -0.454. The van der Waals surface area contributed by atoms with Gasteiger partial charge in [0, 0.05) is 25.7 Å². The van der Waals surface area contributed by atoms with Crippen LogP contribution >= 0.6 is 11.6 Å². The molecule has 0 spiro atoms. The monoisotopic (exact) mass is 416 g/mol. The highest BCUT2D eigenvalue weighted by atomic mass is 35.5. The molecule has 152 valence electrons. The molecule has 2 aromatic heterocycles. The van der Waals surface area contributed by atoms with Crippen molar-refractivity contribution in [3.63, 3.8) is 0 Å². The Kier molecular flexibility index (Phi) is 5.88. The quantitative estimate of drug-likeness (QED) is 0.490. The zero-order chi connectivity index (χ0) is 21.1. The van der Waals surface area contributed by atoms with Crippen molar-refractivity contribution >= 4 is 34.9 Å². The van der Waals surface area contributed by atoms with Crippen LogP contribution < -0.4 is 21.4 Å². The number of imidazole rings is 1. The van der Waals surface area contributed by atoms with Crippen molar-refractivity contribution < 1.29 is 4.74 Å². The second-order valence-corrected chi connectivity index (χ2v) is 6.95. The van der Waals surface area contributed by atoms with Crippen LogP contribution in [0.2, 0.25) is 0 Å². The summed E-state index contributed by atoms with van der Waals surface area (Å²) in [6, 6.07) is 7.35. The van der Waals surface area contributed by atoms with Crippen molar-refractivity contribution in [2.24, 2.45) is 19.2 Å². The molecule has 1 aromatic carbocycles. The van der Waals surface area contributed by atoms with Crippen LogP contribution in [0.5, 0.6) is 5.75 Å². The van der Waals surface area contributed by atoms with E-state index in [0.717, 1.165) is 15.9 Å². The molecule has 0 aliphatic rings. The van der Waals surface area contributed by atoms with E-state index >= 15 is 0 Å². The fourth-order valence-electron chi connectivity index (χ4n) is 2.78. The van der Waals surface area contributed by atoms with E-state index in [4.69, 9.17) is 16.3 Å². The van der Waals surface area contributed by atoms with E-state index in [1.807, 2.05) is 24.3 Å². The van der Waals surface area contributed by atoms with Gasteiger partial charge in [-0.05, 0) is 36.8 Å². The fraction of sp³-hybridized carbons (Fsp3) is 0.263. The van der Waals surface area contributed by atoms with Crippen LogP contribution in [0.4, 0.5) is 5.95 Å². The fourth-order valence-corrected chi connectivity index (χ4v) is 2.85. The van der Waals surface area contributed by atoms with Gasteiger partial charge in [-0.25, -0.2) is 10.2 Å². The summed E-state index contributed by atoms with van der Waals surface area (Å²) in [5.74, 6) is 1.06. The Hall–Kier alpha value is -3.33. The number of anilines is 1. The summed E-state index contributed by atoms with van der Waals surface area (Å²) in [5, 5.41) is 4.78. The maximum Gasteiger partial charge on any atom is 0.332 e. The molecular weight excluding hydrogens is 396 g/mol. The van der Waals surface area contributed by atoms with Crippen molar-refractivity contribution in [2.75, 3.05) is 12.5 Å². The first-order valence-electron chi connectivity index (χ1n) is 8.75. The van der Waals surface area contributed by atoms with Crippen molar-refractivity contribution in [1.82, 2.24) is 18.7 Å². The van der Waals surface area contributed by atoms with Crippen molar-refractivity contribution in [3.8, 4) is 5.75 Å². The van der Waals surface area contributed by atoms with E-state index in [0.29, 0.717) is 17.5 Å². The molecule has 9 nitrogen and oxygen atoms in total. The van der Waals surface area contributed by atoms with Gasteiger partial charge in [-0.15, -0.1) is 0 Å². The van der Waals surface area contributed by atoms with Crippen molar-refractivity contribution in [1.29, 1.82) is 0 Å². The number of nitrogens with one attached hydrogen (secondary N) is 1. The van der Waals surface area contributed by atoms with E-state index in [1.54, 1.807) is 37.9 Å². The number of hydrogen-bond acceptors (Lipinski definition) is 6. The number of benzene rings is 1. The van der Waals surface area contributed by atoms with Gasteiger partial charge in [-0.2, -0.15) is 10.1 Å². The Morgan fingerprint density at radius 2 is 1.93 bits per heavy atom. The molecule has 29 heavy (non-hydrogen) atoms. The first-order chi connectivity index (χ1) is 13.8. The molecule has 0 amide bonds. The summed E-state index contributed by atoms with van der Waals surface area (Å²) < 4.78 is 9.13. The minimum Gasteiger partial charge on any atom is -0.497 e. The largest absolute Gasteiger partial charge is 0.497 e. The third-order valence-electron chi connectivity index (χ3n) is 4.40. The minimum absolute atomic E-state index is 0.265. The molecular formula is C19H21ClN6O3. The standard InChI is InChI=1S/C19H21ClN6O3/c1-12(20)9-10-26-15-16(24(2)19(28)25(3)17(15)27)22-18(26)23-21-11-13-5-7-14(29-4)8-6-13/h5-9,11H,10H2,1-4H3,(H,22,23)/b12-9-,21-11+. The number of aryl methyl sites for hydroxylation is 1. The second kappa shape index (κ2) is 8.36. The van der Waals surface area contributed by atoms with Crippen LogP contribution in [0.1, 0.15) is 12.5 Å². The average Bonchev–Trinajstić information content (AvgIpc) is 3.08. The summed E-state index contributed by atoms with van der Waals surface area (Å²) >= 11 is 5.96. The van der Waals surface area contributed by atoms with Crippen LogP contribution in [0.15, 0.2) is 50.1 Å². The van der Waals surface area contributed by atoms with Gasteiger partial charge in [0.25, 0.3) is 5.56 Å². The molecule has 0 aliphatic carbocycles. The summed E-state index contributed by atoms with van der Waals surface area (Å²) in [5.41, 5.74) is 3.35. The molecule has 0 saturated carbocycles. The van der Waals surface area contributed by atoms with Crippen LogP contribution in [-0.2, 0) is 20.6 Å². The topological polar surface area (TPSA) is 95.4 Å². The zero-order valence-electron chi connectivity index (χ0n) is 16.5. The van der Waals surface area contributed by atoms with Crippen LogP contribution in [0.25, 0.3) is 11.2 Å². The second-order valence-electron chi connectivity index (χ2n) is 6.36. The molecule has 0 bridgehead atoms. The maximum atomic E-state index is 12.7. The first-order valence-corrected chi connectivity index (χ1v) is 9.13. The van der Waals surface area contributed by atoms with Gasteiger partial charge in [0.05, 0.1) is 13.3 Å². The van der Waals surface area contributed by atoms with E-state index < -0.39 is 11.2 Å². The Bertz CT molecular complexity index is 1210. The summed E-state index contributed by atoms with van der Waals surface area (Å²) in [4.78, 5) is 29.3. The lowest BCUT2D eigenvalue weighted by Gasteiger charge is -2.07. The number of nitrogens with zero attached hydrogens (tertiary/aromatic N) is 5. The number of hydrogen-bond donors (Lipinski definition) is 1. The highest BCUT2D eigenvalue weighted by Gasteiger charge is 2.18. The van der Waals surface area contributed by atoms with Gasteiger partial charge >= 0.3 is 5.69 Å². The number of fused-ring (bicyclic) bond motifs is 1. The van der Waals surface area contributed by atoms with E-state index in [1.165, 1.54) is 11.6 Å². The molecule has 10 heteroatoms. The predicted octanol–water partition coefficient (Wildman–Crippen LogP) is 2.03. The smallest absolute Gasteiger partial charge is 0.332 e.